The number of hydrazone groups is 1. The lowest BCUT2D eigenvalue weighted by Crippen LogP contribution is -2.19. The van der Waals surface area contributed by atoms with Crippen LogP contribution in [0, 0.1) is 0 Å². The molecule has 2 N–H and O–H groups in total. The molecule has 136 valence electrons. The Hall–Kier alpha value is -2.58. The third-order valence-electron chi connectivity index (χ3n) is 3.19. The van der Waals surface area contributed by atoms with Gasteiger partial charge in [0.15, 0.2) is 0 Å². The maximum Gasteiger partial charge on any atom is 0.313 e. The van der Waals surface area contributed by atoms with Gasteiger partial charge in [-0.3, -0.25) is 14.4 Å². The first-order valence-corrected chi connectivity index (χ1v) is 7.76. The highest BCUT2D eigenvalue weighted by Crippen LogP contribution is 2.20. The van der Waals surface area contributed by atoms with Gasteiger partial charge in [-0.2, -0.15) is 5.10 Å². The standard InChI is InChI=1S/C11H12N2O2.C6H10O4/c14-7-6-9-8-11(15)13(12-9)10-4-2-1-3-5-10;1-10-6(9)4-5(8)2-3-7/h1-5,14H,6-8H2;7H,2-4H2,1H3. The van der Waals surface area contributed by atoms with Gasteiger partial charge in [0.2, 0.25) is 0 Å². The Bertz CT molecular complexity index is 615. The minimum Gasteiger partial charge on any atom is -0.469 e. The van der Waals surface area contributed by atoms with E-state index < -0.39 is 5.97 Å². The molecule has 0 bridgehead atoms. The van der Waals surface area contributed by atoms with Crippen molar-refractivity contribution in [3.05, 3.63) is 30.3 Å². The summed E-state index contributed by atoms with van der Waals surface area (Å²) < 4.78 is 4.23. The van der Waals surface area contributed by atoms with E-state index in [1.54, 1.807) is 0 Å². The molecule has 2 rings (SSSR count). The first kappa shape index (κ1) is 20.5. The molecular weight excluding hydrogens is 328 g/mol. The monoisotopic (exact) mass is 350 g/mol. The van der Waals surface area contributed by atoms with E-state index in [9.17, 15) is 14.4 Å². The number of ketones is 1. The van der Waals surface area contributed by atoms with Gasteiger partial charge in [0.25, 0.3) is 5.91 Å². The summed E-state index contributed by atoms with van der Waals surface area (Å²) in [5.41, 5.74) is 1.52. The number of nitrogens with zero attached hydrogens (tertiary/aromatic N) is 2. The topological polar surface area (TPSA) is 117 Å². The van der Waals surface area contributed by atoms with E-state index in [2.05, 4.69) is 9.84 Å². The molecule has 0 unspecified atom stereocenters. The first-order chi connectivity index (χ1) is 12.0. The van der Waals surface area contributed by atoms with E-state index >= 15 is 0 Å². The van der Waals surface area contributed by atoms with E-state index in [1.807, 2.05) is 30.3 Å². The molecule has 0 spiro atoms. The minimum atomic E-state index is -0.557. The first-order valence-electron chi connectivity index (χ1n) is 7.76. The molecule has 0 saturated carbocycles. The highest BCUT2D eigenvalue weighted by Gasteiger charge is 2.24. The van der Waals surface area contributed by atoms with Gasteiger partial charge in [0, 0.05) is 26.1 Å². The smallest absolute Gasteiger partial charge is 0.313 e. The molecule has 0 atom stereocenters. The highest BCUT2D eigenvalue weighted by molar-refractivity contribution is 6.12. The van der Waals surface area contributed by atoms with E-state index in [0.29, 0.717) is 12.8 Å². The second-order valence-corrected chi connectivity index (χ2v) is 5.12. The van der Waals surface area contributed by atoms with E-state index in [-0.39, 0.29) is 37.7 Å². The number of aliphatic hydroxyl groups is 2. The number of methoxy groups -OCH3 is 1. The van der Waals surface area contributed by atoms with Crippen LogP contribution >= 0.6 is 0 Å². The van der Waals surface area contributed by atoms with Crippen LogP contribution in [-0.4, -0.2) is 53.9 Å². The lowest BCUT2D eigenvalue weighted by Gasteiger charge is -2.10. The van der Waals surface area contributed by atoms with Crippen molar-refractivity contribution in [3.8, 4) is 0 Å². The van der Waals surface area contributed by atoms with Crippen molar-refractivity contribution in [2.24, 2.45) is 5.10 Å². The summed E-state index contributed by atoms with van der Waals surface area (Å²) in [5.74, 6) is -0.891. The third-order valence-corrected chi connectivity index (χ3v) is 3.19. The third kappa shape index (κ3) is 7.23. The number of anilines is 1. The number of carbonyl (C=O) groups excluding carboxylic acids is 3. The summed E-state index contributed by atoms with van der Waals surface area (Å²) >= 11 is 0. The molecule has 8 heteroatoms. The number of amides is 1. The second kappa shape index (κ2) is 11.1. The van der Waals surface area contributed by atoms with Gasteiger partial charge >= 0.3 is 5.97 Å². The van der Waals surface area contributed by atoms with Crippen LogP contribution in [0.5, 0.6) is 0 Å². The molecule has 1 amide bonds. The Kier molecular flexibility index (Phi) is 9.05. The van der Waals surface area contributed by atoms with Crippen LogP contribution in [0.3, 0.4) is 0 Å². The predicted octanol–water partition coefficient (Wildman–Crippen LogP) is 0.663. The van der Waals surface area contributed by atoms with E-state index in [4.69, 9.17) is 10.2 Å². The van der Waals surface area contributed by atoms with Crippen molar-refractivity contribution >= 4 is 29.1 Å². The molecule has 25 heavy (non-hydrogen) atoms. The van der Waals surface area contributed by atoms with Crippen LogP contribution in [0.4, 0.5) is 5.69 Å². The van der Waals surface area contributed by atoms with Gasteiger partial charge in [0.1, 0.15) is 12.2 Å². The molecule has 0 radical (unpaired) electrons. The molecule has 8 nitrogen and oxygen atoms in total. The molecule has 1 aliphatic rings. The fourth-order valence-electron chi connectivity index (χ4n) is 1.97. The number of carbonyl (C=O) groups is 3. The number of hydrogen-bond donors (Lipinski definition) is 2. The summed E-state index contributed by atoms with van der Waals surface area (Å²) in [7, 11) is 1.22. The normalized spacial score (nSPS) is 13.0. The molecule has 1 aliphatic heterocycles. The number of aliphatic hydroxyl groups excluding tert-OH is 2. The van der Waals surface area contributed by atoms with Crippen LogP contribution in [0.2, 0.25) is 0 Å². The lowest BCUT2D eigenvalue weighted by atomic mass is 10.2. The fraction of sp³-hybridized carbons (Fsp3) is 0.412. The Morgan fingerprint density at radius 3 is 2.44 bits per heavy atom. The van der Waals surface area contributed by atoms with Crippen molar-refractivity contribution in [1.82, 2.24) is 0 Å². The maximum atomic E-state index is 11.6. The molecule has 0 saturated heterocycles. The van der Waals surface area contributed by atoms with E-state index in [1.165, 1.54) is 12.1 Å². The Labute approximate surface area is 145 Å². The number of esters is 1. The molecule has 0 aromatic heterocycles. The molecule has 1 aromatic carbocycles. The number of Topliss-reactive ketones (excluding diaryl/α,β-unsaturated/α-hetero) is 1. The number of para-hydroxylation sites is 1. The van der Waals surface area contributed by atoms with Crippen molar-refractivity contribution in [2.45, 2.75) is 25.7 Å². The van der Waals surface area contributed by atoms with Crippen molar-refractivity contribution in [1.29, 1.82) is 0 Å². The van der Waals surface area contributed by atoms with Crippen molar-refractivity contribution in [3.63, 3.8) is 0 Å². The molecule has 1 heterocycles. The van der Waals surface area contributed by atoms with Crippen LogP contribution < -0.4 is 5.01 Å². The number of rotatable bonds is 7. The molecule has 1 aromatic rings. The quantitative estimate of drug-likeness (QED) is 0.551. The van der Waals surface area contributed by atoms with Crippen molar-refractivity contribution in [2.75, 3.05) is 25.3 Å². The van der Waals surface area contributed by atoms with Gasteiger partial charge in [-0.25, -0.2) is 5.01 Å². The zero-order valence-electron chi connectivity index (χ0n) is 14.1. The van der Waals surface area contributed by atoms with Crippen molar-refractivity contribution < 1.29 is 29.3 Å². The number of hydrogen-bond acceptors (Lipinski definition) is 7. The summed E-state index contributed by atoms with van der Waals surface area (Å²) in [6.07, 6.45) is 0.566. The van der Waals surface area contributed by atoms with Gasteiger partial charge < -0.3 is 14.9 Å². The van der Waals surface area contributed by atoms with Crippen LogP contribution in [-0.2, 0) is 19.1 Å². The summed E-state index contributed by atoms with van der Waals surface area (Å²) in [6, 6.07) is 9.29. The average Bonchev–Trinajstić information content (AvgIpc) is 2.97. The van der Waals surface area contributed by atoms with Gasteiger partial charge in [-0.05, 0) is 12.1 Å². The van der Waals surface area contributed by atoms with Gasteiger partial charge in [-0.1, -0.05) is 18.2 Å². The largest absolute Gasteiger partial charge is 0.469 e. The molecular formula is C17H22N2O6. The SMILES string of the molecule is COC(=O)CC(=O)CCO.O=C1CC(CCO)=NN1c1ccccc1. The summed E-state index contributed by atoms with van der Waals surface area (Å²) in [6.45, 7) is -0.176. The Morgan fingerprint density at radius 2 is 1.88 bits per heavy atom. The number of benzene rings is 1. The lowest BCUT2D eigenvalue weighted by molar-refractivity contribution is -0.143. The van der Waals surface area contributed by atoms with Crippen LogP contribution in [0.15, 0.2) is 35.4 Å². The van der Waals surface area contributed by atoms with Gasteiger partial charge in [-0.15, -0.1) is 0 Å². The maximum absolute atomic E-state index is 11.6. The zero-order valence-corrected chi connectivity index (χ0v) is 14.1. The molecule has 0 aliphatic carbocycles. The summed E-state index contributed by atoms with van der Waals surface area (Å²) in [5, 5.41) is 22.6. The number of ether oxygens (including phenoxy) is 1. The van der Waals surface area contributed by atoms with Crippen LogP contribution in [0.1, 0.15) is 25.7 Å². The molecule has 0 fully saturated rings. The van der Waals surface area contributed by atoms with Crippen LogP contribution in [0.25, 0.3) is 0 Å². The van der Waals surface area contributed by atoms with E-state index in [0.717, 1.165) is 11.4 Å². The predicted molar refractivity (Wildman–Crippen MR) is 91.0 cm³/mol. The van der Waals surface area contributed by atoms with Gasteiger partial charge in [0.05, 0.1) is 24.9 Å². The fourth-order valence-corrected chi connectivity index (χ4v) is 1.97. The Morgan fingerprint density at radius 1 is 1.20 bits per heavy atom. The summed E-state index contributed by atoms with van der Waals surface area (Å²) in [4.78, 5) is 32.5. The highest BCUT2D eigenvalue weighted by atomic mass is 16.5. The minimum absolute atomic E-state index is 0.0229. The Balaban J connectivity index is 0.000000275. The second-order valence-electron chi connectivity index (χ2n) is 5.12. The average molecular weight is 350 g/mol. The zero-order chi connectivity index (χ0) is 18.7.